The van der Waals surface area contributed by atoms with Gasteiger partial charge in [0, 0.05) is 12.2 Å². The summed E-state index contributed by atoms with van der Waals surface area (Å²) in [5.74, 6) is -0.935. The number of benzene rings is 2. The van der Waals surface area contributed by atoms with E-state index >= 15 is 0 Å². The van der Waals surface area contributed by atoms with Crippen LogP contribution < -0.4 is 23.8 Å². The molecule has 0 fully saturated rings. The summed E-state index contributed by atoms with van der Waals surface area (Å²) in [6.45, 7) is 2.14. The number of fused-ring (bicyclic) bond motifs is 1. The molecule has 18 heteroatoms. The number of carbonyl (C=O) groups excluding carboxylic acids is 1. The van der Waals surface area contributed by atoms with Crippen molar-refractivity contribution in [1.82, 2.24) is 9.44 Å². The van der Waals surface area contributed by atoms with Gasteiger partial charge in [0.15, 0.2) is 0 Å². The van der Waals surface area contributed by atoms with E-state index in [0.29, 0.717) is 13.8 Å². The predicted octanol–water partition coefficient (Wildman–Crippen LogP) is 3.77. The maximum Gasteiger partial charge on any atom is 0.427 e. The molecule has 0 radical (unpaired) electrons. The van der Waals surface area contributed by atoms with Crippen LogP contribution in [0.5, 0.6) is 5.75 Å². The molecular formula is C22H25ClF4N4O7S2. The van der Waals surface area contributed by atoms with Gasteiger partial charge in [0.1, 0.15) is 17.7 Å². The Labute approximate surface area is 233 Å². The number of rotatable bonds is 9. The summed E-state index contributed by atoms with van der Waals surface area (Å²) in [5.41, 5.74) is -3.12. The van der Waals surface area contributed by atoms with Gasteiger partial charge in [-0.25, -0.2) is 22.3 Å². The maximum absolute atomic E-state index is 13.7. The van der Waals surface area contributed by atoms with Crippen LogP contribution in [0.2, 0.25) is 5.02 Å². The van der Waals surface area contributed by atoms with Gasteiger partial charge in [0.2, 0.25) is 5.60 Å². The number of nitrogens with one attached hydrogen (secondary N) is 3. The molecule has 222 valence electrons. The summed E-state index contributed by atoms with van der Waals surface area (Å²) < 4.78 is 120. The zero-order valence-corrected chi connectivity index (χ0v) is 23.6. The standard InChI is InChI=1S/C22H25ClF4N4O7S2/c1-4-28-40(35,36)29-11-14-12-31(39(33,34)15-6-7-17(24)16(23)10-15)18-9-13(5-8-19(18)37-14)30-20(32)38-21(2,3)22(25,26)27/h5-10,14,28-29H,4,11-12H2,1-3H3,(H,30,32). The largest absolute Gasteiger partial charge is 0.485 e. The minimum absolute atomic E-state index is 0.0646. The van der Waals surface area contributed by atoms with E-state index in [1.165, 1.54) is 12.1 Å². The van der Waals surface area contributed by atoms with Gasteiger partial charge in [-0.1, -0.05) is 18.5 Å². The first-order valence-electron chi connectivity index (χ1n) is 11.5. The number of nitrogens with zero attached hydrogens (tertiary/aromatic N) is 1. The lowest BCUT2D eigenvalue weighted by Crippen LogP contribution is -2.50. The van der Waals surface area contributed by atoms with Crippen LogP contribution >= 0.6 is 11.6 Å². The molecule has 1 aliphatic heterocycles. The average molecular weight is 633 g/mol. The Morgan fingerprint density at radius 3 is 2.40 bits per heavy atom. The van der Waals surface area contributed by atoms with Crippen molar-refractivity contribution in [3.8, 4) is 5.75 Å². The lowest BCUT2D eigenvalue weighted by molar-refractivity contribution is -0.242. The van der Waals surface area contributed by atoms with Crippen molar-refractivity contribution >= 4 is 49.3 Å². The maximum atomic E-state index is 13.7. The number of anilines is 2. The highest BCUT2D eigenvalue weighted by Crippen LogP contribution is 2.40. The van der Waals surface area contributed by atoms with E-state index in [0.717, 1.165) is 28.6 Å². The monoisotopic (exact) mass is 632 g/mol. The van der Waals surface area contributed by atoms with Gasteiger partial charge in [-0.15, -0.1) is 0 Å². The highest BCUT2D eigenvalue weighted by Gasteiger charge is 2.51. The Bertz CT molecular complexity index is 1490. The van der Waals surface area contributed by atoms with Gasteiger partial charge >= 0.3 is 12.3 Å². The van der Waals surface area contributed by atoms with Crippen LogP contribution in [0.15, 0.2) is 41.3 Å². The third-order valence-electron chi connectivity index (χ3n) is 5.48. The molecule has 0 aromatic heterocycles. The van der Waals surface area contributed by atoms with Crippen LogP contribution in [0.3, 0.4) is 0 Å². The topological polar surface area (TPSA) is 143 Å². The number of amides is 1. The molecule has 3 N–H and O–H groups in total. The second kappa shape index (κ2) is 11.6. The van der Waals surface area contributed by atoms with Crippen molar-refractivity contribution < 1.29 is 48.7 Å². The molecule has 2 aromatic rings. The average Bonchev–Trinajstić information content (AvgIpc) is 2.82. The first kappa shape index (κ1) is 31.7. The van der Waals surface area contributed by atoms with Crippen LogP contribution in [0.25, 0.3) is 0 Å². The lowest BCUT2D eigenvalue weighted by atomic mass is 10.1. The molecule has 11 nitrogen and oxygen atoms in total. The molecule has 1 unspecified atom stereocenters. The molecule has 1 atom stereocenters. The Morgan fingerprint density at radius 2 is 1.80 bits per heavy atom. The summed E-state index contributed by atoms with van der Waals surface area (Å²) >= 11 is 5.78. The number of alkyl halides is 3. The quantitative estimate of drug-likeness (QED) is 0.357. The zero-order valence-electron chi connectivity index (χ0n) is 21.2. The zero-order chi connectivity index (χ0) is 30.1. The molecule has 1 amide bonds. The van der Waals surface area contributed by atoms with Gasteiger partial charge in [-0.05, 0) is 50.2 Å². The predicted molar refractivity (Wildman–Crippen MR) is 138 cm³/mol. The molecule has 0 aliphatic carbocycles. The molecule has 1 heterocycles. The third kappa shape index (κ3) is 7.25. The highest BCUT2D eigenvalue weighted by atomic mass is 35.5. The molecule has 40 heavy (non-hydrogen) atoms. The Hall–Kier alpha value is -2.86. The van der Waals surface area contributed by atoms with Crippen molar-refractivity contribution in [3.63, 3.8) is 0 Å². The van der Waals surface area contributed by atoms with Gasteiger partial charge < -0.3 is 9.47 Å². The Balaban J connectivity index is 1.97. The molecule has 1 aliphatic rings. The summed E-state index contributed by atoms with van der Waals surface area (Å²) in [6.07, 6.45) is -7.38. The summed E-state index contributed by atoms with van der Waals surface area (Å²) in [7, 11) is -8.41. The normalized spacial score (nSPS) is 16.2. The lowest BCUT2D eigenvalue weighted by Gasteiger charge is -2.36. The first-order valence-corrected chi connectivity index (χ1v) is 14.8. The molecule has 0 saturated carbocycles. The smallest absolute Gasteiger partial charge is 0.427 e. The fourth-order valence-electron chi connectivity index (χ4n) is 3.36. The van der Waals surface area contributed by atoms with Crippen LogP contribution in [-0.2, 0) is 25.0 Å². The molecule has 2 aromatic carbocycles. The van der Waals surface area contributed by atoms with Crippen LogP contribution in [0, 0.1) is 5.82 Å². The second-order valence-corrected chi connectivity index (χ2v) is 12.8. The fourth-order valence-corrected chi connectivity index (χ4v) is 6.02. The van der Waals surface area contributed by atoms with E-state index in [-0.39, 0.29) is 30.2 Å². The van der Waals surface area contributed by atoms with Crippen molar-refractivity contribution in [3.05, 3.63) is 47.2 Å². The van der Waals surface area contributed by atoms with Gasteiger partial charge in [-0.2, -0.15) is 26.3 Å². The van der Waals surface area contributed by atoms with Crippen molar-refractivity contribution in [2.45, 2.75) is 43.5 Å². The summed E-state index contributed by atoms with van der Waals surface area (Å²) in [6, 6.07) is 6.24. The Kier molecular flexibility index (Phi) is 9.15. The number of hydrogen-bond acceptors (Lipinski definition) is 7. The molecule has 3 rings (SSSR count). The van der Waals surface area contributed by atoms with Gasteiger partial charge in [0.05, 0.1) is 28.7 Å². The van der Waals surface area contributed by atoms with E-state index in [2.05, 4.69) is 19.5 Å². The second-order valence-electron chi connectivity index (χ2n) is 8.91. The third-order valence-corrected chi connectivity index (χ3v) is 8.76. The van der Waals surface area contributed by atoms with Gasteiger partial charge in [0.25, 0.3) is 20.2 Å². The van der Waals surface area contributed by atoms with E-state index < -0.39 is 66.5 Å². The number of ether oxygens (including phenoxy) is 2. The number of halogens is 5. The van der Waals surface area contributed by atoms with Crippen molar-refractivity contribution in [2.24, 2.45) is 0 Å². The minimum atomic E-state index is -4.86. The van der Waals surface area contributed by atoms with Crippen molar-refractivity contribution in [1.29, 1.82) is 0 Å². The van der Waals surface area contributed by atoms with Crippen LogP contribution in [0.1, 0.15) is 20.8 Å². The summed E-state index contributed by atoms with van der Waals surface area (Å²) in [4.78, 5) is 11.8. The fraction of sp³-hybridized carbons (Fsp3) is 0.409. The van der Waals surface area contributed by atoms with Gasteiger partial charge in [-0.3, -0.25) is 9.62 Å². The van der Waals surface area contributed by atoms with E-state index in [1.807, 2.05) is 0 Å². The Morgan fingerprint density at radius 1 is 1.12 bits per heavy atom. The van der Waals surface area contributed by atoms with E-state index in [4.69, 9.17) is 16.3 Å². The molecular weight excluding hydrogens is 608 g/mol. The van der Waals surface area contributed by atoms with E-state index in [1.54, 1.807) is 6.92 Å². The minimum Gasteiger partial charge on any atom is -0.485 e. The summed E-state index contributed by atoms with van der Waals surface area (Å²) in [5, 5.41) is 1.63. The van der Waals surface area contributed by atoms with Crippen molar-refractivity contribution in [2.75, 3.05) is 29.3 Å². The highest BCUT2D eigenvalue weighted by molar-refractivity contribution is 7.92. The number of carbonyl (C=O) groups is 1. The molecule has 0 spiro atoms. The number of sulfonamides is 1. The van der Waals surface area contributed by atoms with E-state index in [9.17, 15) is 39.2 Å². The molecule has 0 saturated heterocycles. The first-order chi connectivity index (χ1) is 18.4. The van der Waals surface area contributed by atoms with Crippen LogP contribution in [0.4, 0.5) is 33.7 Å². The molecule has 0 bridgehead atoms. The van der Waals surface area contributed by atoms with Crippen LogP contribution in [-0.4, -0.2) is 60.4 Å². The SMILES string of the molecule is CCNS(=O)(=O)NCC1CN(S(=O)(=O)c2ccc(F)c(Cl)c2)c2cc(NC(=O)OC(C)(C)C(F)(F)F)ccc2O1. The number of hydrogen-bond donors (Lipinski definition) is 3.